The molecule has 0 heterocycles. The van der Waals surface area contributed by atoms with E-state index in [1.165, 1.54) is 0 Å². The van der Waals surface area contributed by atoms with E-state index in [1.807, 2.05) is 0 Å². The fourth-order valence-corrected chi connectivity index (χ4v) is 0.488. The summed E-state index contributed by atoms with van der Waals surface area (Å²) >= 11 is 0. The zero-order valence-electron chi connectivity index (χ0n) is 8.00. The third-order valence-corrected chi connectivity index (χ3v) is 1.07. The third-order valence-electron chi connectivity index (χ3n) is 1.07. The van der Waals surface area contributed by atoms with Crippen molar-refractivity contribution in [2.75, 3.05) is 13.1 Å². The predicted octanol–water partition coefficient (Wildman–Crippen LogP) is -2.00. The van der Waals surface area contributed by atoms with Gasteiger partial charge in [-0.2, -0.15) is 0 Å². The maximum Gasteiger partial charge on any atom is 1.00 e. The lowest BCUT2D eigenvalue weighted by Crippen LogP contribution is -2.40. The summed E-state index contributed by atoms with van der Waals surface area (Å²) in [4.78, 5) is 31.6. The minimum atomic E-state index is -0.636. The number of nitrogens with one attached hydrogen (secondary N) is 2. The first kappa shape index (κ1) is 11.2. The highest BCUT2D eigenvalue weighted by molar-refractivity contribution is 5.91. The number of amides is 3. The SMILES string of the molecule is C=CC(=O)NCC(=O)NCC(N)=O.[H+]. The molecule has 0 saturated carbocycles. The van der Waals surface area contributed by atoms with E-state index in [1.54, 1.807) is 0 Å². The molecule has 0 aliphatic heterocycles. The van der Waals surface area contributed by atoms with Crippen LogP contribution in [0.15, 0.2) is 12.7 Å². The minimum absolute atomic E-state index is 0. The van der Waals surface area contributed by atoms with Gasteiger partial charge >= 0.3 is 1.43 Å². The molecule has 0 spiro atoms. The van der Waals surface area contributed by atoms with Crippen LogP contribution in [-0.4, -0.2) is 30.8 Å². The first-order valence-electron chi connectivity index (χ1n) is 3.51. The second kappa shape index (κ2) is 5.76. The maximum absolute atomic E-state index is 10.8. The molecule has 72 valence electrons. The van der Waals surface area contributed by atoms with Crippen molar-refractivity contribution in [1.29, 1.82) is 0 Å². The molecule has 0 bridgehead atoms. The van der Waals surface area contributed by atoms with Crippen molar-refractivity contribution in [2.45, 2.75) is 0 Å². The molecule has 0 rings (SSSR count). The summed E-state index contributed by atoms with van der Waals surface area (Å²) < 4.78 is 0. The van der Waals surface area contributed by atoms with Crippen LogP contribution >= 0.6 is 0 Å². The minimum Gasteiger partial charge on any atom is -0.368 e. The van der Waals surface area contributed by atoms with Gasteiger partial charge in [-0.3, -0.25) is 14.4 Å². The molecule has 0 atom stereocenters. The van der Waals surface area contributed by atoms with Gasteiger partial charge in [0, 0.05) is 0 Å². The van der Waals surface area contributed by atoms with Crippen LogP contribution in [0.3, 0.4) is 0 Å². The van der Waals surface area contributed by atoms with Crippen molar-refractivity contribution in [3.8, 4) is 0 Å². The number of nitrogens with two attached hydrogens (primary N) is 1. The van der Waals surface area contributed by atoms with Crippen LogP contribution in [-0.2, 0) is 14.4 Å². The fraction of sp³-hybridized carbons (Fsp3) is 0.286. The Morgan fingerprint density at radius 1 is 1.31 bits per heavy atom. The molecular formula is C7H12N3O3+. The number of carbonyl (C=O) groups is 3. The number of hydrogen-bond donors (Lipinski definition) is 3. The van der Waals surface area contributed by atoms with Crippen molar-refractivity contribution < 1.29 is 15.8 Å². The molecule has 0 radical (unpaired) electrons. The average Bonchev–Trinajstić information content (AvgIpc) is 2.10. The molecule has 4 N–H and O–H groups in total. The molecule has 0 aromatic carbocycles. The predicted molar refractivity (Wildman–Crippen MR) is 46.5 cm³/mol. The van der Waals surface area contributed by atoms with Gasteiger partial charge in [-0.1, -0.05) is 6.58 Å². The summed E-state index contributed by atoms with van der Waals surface area (Å²) in [5.74, 6) is -1.56. The molecule has 0 aliphatic rings. The molecule has 0 fully saturated rings. The van der Waals surface area contributed by atoms with Crippen LogP contribution in [0.1, 0.15) is 1.43 Å². The van der Waals surface area contributed by atoms with Gasteiger partial charge in [0.05, 0.1) is 13.1 Å². The van der Waals surface area contributed by atoms with Gasteiger partial charge in [0.15, 0.2) is 0 Å². The summed E-state index contributed by atoms with van der Waals surface area (Å²) in [6.07, 6.45) is 1.04. The van der Waals surface area contributed by atoms with Crippen molar-refractivity contribution in [3.63, 3.8) is 0 Å². The normalized spacial score (nSPS) is 8.62. The lowest BCUT2D eigenvalue weighted by Gasteiger charge is -2.02. The molecule has 3 amide bonds. The van der Waals surface area contributed by atoms with Crippen LogP contribution in [0, 0.1) is 0 Å². The molecule has 0 aromatic rings. The Balaban J connectivity index is 0. The molecule has 6 nitrogen and oxygen atoms in total. The quantitative estimate of drug-likeness (QED) is 0.433. The number of carbonyl (C=O) groups excluding carboxylic acids is 3. The second-order valence-corrected chi connectivity index (χ2v) is 2.16. The van der Waals surface area contributed by atoms with Crippen LogP contribution in [0.25, 0.3) is 0 Å². The number of primary amides is 1. The Labute approximate surface area is 76.6 Å². The second-order valence-electron chi connectivity index (χ2n) is 2.16. The molecular weight excluding hydrogens is 174 g/mol. The smallest absolute Gasteiger partial charge is 0.368 e. The van der Waals surface area contributed by atoms with E-state index in [9.17, 15) is 14.4 Å². The summed E-state index contributed by atoms with van der Waals surface area (Å²) in [6.45, 7) is 2.77. The van der Waals surface area contributed by atoms with E-state index < -0.39 is 17.7 Å². The monoisotopic (exact) mass is 186 g/mol. The fourth-order valence-electron chi connectivity index (χ4n) is 0.488. The Hall–Kier alpha value is -1.85. The number of rotatable bonds is 5. The van der Waals surface area contributed by atoms with E-state index in [0.29, 0.717) is 0 Å². The molecule has 13 heavy (non-hydrogen) atoms. The first-order valence-corrected chi connectivity index (χ1v) is 3.51. The third kappa shape index (κ3) is 6.54. The average molecular weight is 186 g/mol. The Morgan fingerprint density at radius 3 is 2.38 bits per heavy atom. The summed E-state index contributed by atoms with van der Waals surface area (Å²) in [5, 5.41) is 4.43. The summed E-state index contributed by atoms with van der Waals surface area (Å²) in [7, 11) is 0. The van der Waals surface area contributed by atoms with Crippen LogP contribution in [0.4, 0.5) is 0 Å². The molecule has 0 aromatic heterocycles. The topological polar surface area (TPSA) is 101 Å². The summed E-state index contributed by atoms with van der Waals surface area (Å²) in [5.41, 5.74) is 4.77. The highest BCUT2D eigenvalue weighted by atomic mass is 16.2. The van der Waals surface area contributed by atoms with Crippen LogP contribution < -0.4 is 16.4 Å². The van der Waals surface area contributed by atoms with Gasteiger partial charge in [0.2, 0.25) is 17.7 Å². The summed E-state index contributed by atoms with van der Waals surface area (Å²) in [6, 6.07) is 0. The van der Waals surface area contributed by atoms with Gasteiger partial charge in [0.1, 0.15) is 0 Å². The zero-order valence-corrected chi connectivity index (χ0v) is 7.00. The van der Waals surface area contributed by atoms with Gasteiger partial charge in [-0.05, 0) is 6.08 Å². The van der Waals surface area contributed by atoms with Crippen molar-refractivity contribution >= 4 is 17.7 Å². The van der Waals surface area contributed by atoms with E-state index in [0.717, 1.165) is 6.08 Å². The van der Waals surface area contributed by atoms with E-state index >= 15 is 0 Å². The largest absolute Gasteiger partial charge is 1.00 e. The van der Waals surface area contributed by atoms with E-state index in [2.05, 4.69) is 17.2 Å². The van der Waals surface area contributed by atoms with E-state index in [4.69, 9.17) is 5.73 Å². The zero-order chi connectivity index (χ0) is 10.3. The van der Waals surface area contributed by atoms with Gasteiger partial charge in [-0.15, -0.1) is 0 Å². The van der Waals surface area contributed by atoms with Crippen molar-refractivity contribution in [2.24, 2.45) is 5.73 Å². The van der Waals surface area contributed by atoms with Crippen molar-refractivity contribution in [1.82, 2.24) is 10.6 Å². The number of hydrogen-bond acceptors (Lipinski definition) is 3. The first-order chi connectivity index (χ1) is 6.06. The lowest BCUT2D eigenvalue weighted by atomic mass is 10.5. The maximum atomic E-state index is 10.8. The molecule has 0 aliphatic carbocycles. The van der Waals surface area contributed by atoms with Gasteiger partial charge in [0.25, 0.3) is 0 Å². The van der Waals surface area contributed by atoms with Crippen molar-refractivity contribution in [3.05, 3.63) is 12.7 Å². The van der Waals surface area contributed by atoms with Crippen LogP contribution in [0.5, 0.6) is 0 Å². The van der Waals surface area contributed by atoms with Gasteiger partial charge < -0.3 is 16.4 Å². The molecule has 0 unspecified atom stereocenters. The standard InChI is InChI=1S/C7H11N3O3/c1-2-6(12)10-4-7(13)9-3-5(8)11/h2H,1,3-4H2,(H2,8,11)(H,9,13)(H,10,12)/p+1. The Morgan fingerprint density at radius 2 is 1.92 bits per heavy atom. The highest BCUT2D eigenvalue weighted by Crippen LogP contribution is 1.67. The van der Waals surface area contributed by atoms with E-state index in [-0.39, 0.29) is 14.5 Å². The molecule has 0 saturated heterocycles. The lowest BCUT2D eigenvalue weighted by molar-refractivity contribution is -0.125. The highest BCUT2D eigenvalue weighted by Gasteiger charge is 2.02. The van der Waals surface area contributed by atoms with Gasteiger partial charge in [-0.25, -0.2) is 0 Å². The Kier molecular flexibility index (Phi) is 4.94. The Bertz CT molecular complexity index is 242. The molecule has 6 heteroatoms. The van der Waals surface area contributed by atoms with Crippen LogP contribution in [0.2, 0.25) is 0 Å².